The van der Waals surface area contributed by atoms with E-state index in [1.807, 2.05) is 25.1 Å². The third-order valence-electron chi connectivity index (χ3n) is 7.40. The average Bonchev–Trinajstić information content (AvgIpc) is 3.19. The fourth-order valence-electron chi connectivity index (χ4n) is 5.39. The number of hydrogen-bond acceptors (Lipinski definition) is 5. The molecule has 5 rings (SSSR count). The van der Waals surface area contributed by atoms with Crippen molar-refractivity contribution in [3.63, 3.8) is 0 Å². The molecule has 1 amide bonds. The van der Waals surface area contributed by atoms with Crippen molar-refractivity contribution in [1.29, 1.82) is 0 Å². The lowest BCUT2D eigenvalue weighted by Crippen LogP contribution is -2.60. The number of hydrogen-bond donors (Lipinski definition) is 1. The van der Waals surface area contributed by atoms with Crippen molar-refractivity contribution >= 4 is 34.4 Å². The maximum Gasteiger partial charge on any atom is 0.246 e. The second kappa shape index (κ2) is 10.2. The maximum absolute atomic E-state index is 14.9. The van der Waals surface area contributed by atoms with Gasteiger partial charge in [-0.2, -0.15) is 0 Å². The van der Waals surface area contributed by atoms with Crippen LogP contribution in [0.15, 0.2) is 37.2 Å². The molecule has 2 aromatic heterocycles. The molecule has 3 aromatic rings. The van der Waals surface area contributed by atoms with Crippen molar-refractivity contribution in [2.45, 2.75) is 39.0 Å². The first-order valence-corrected chi connectivity index (χ1v) is 12.9. The second-order valence-electron chi connectivity index (χ2n) is 9.67. The molecule has 0 unspecified atom stereocenters. The van der Waals surface area contributed by atoms with Gasteiger partial charge >= 0.3 is 0 Å². The lowest BCUT2D eigenvalue weighted by Gasteiger charge is -2.46. The molecule has 37 heavy (non-hydrogen) atoms. The van der Waals surface area contributed by atoms with Gasteiger partial charge in [-0.25, -0.2) is 14.4 Å². The first-order valence-electron chi connectivity index (χ1n) is 12.5. The summed E-state index contributed by atoms with van der Waals surface area (Å²) < 4.78 is 16.9. The number of nitrogen functional groups attached to an aromatic ring is 1. The highest BCUT2D eigenvalue weighted by Gasteiger charge is 2.39. The highest BCUT2D eigenvalue weighted by atomic mass is 35.5. The zero-order chi connectivity index (χ0) is 26.3. The first kappa shape index (κ1) is 25.2. The second-order valence-corrected chi connectivity index (χ2v) is 10.1. The molecule has 2 aliphatic rings. The number of likely N-dealkylation sites (tertiary alicyclic amines) is 2. The molecule has 2 aliphatic heterocycles. The molecule has 7 nitrogen and oxygen atoms in total. The number of aryl methyl sites for hydroxylation is 2. The number of piperidine rings is 1. The molecule has 4 heterocycles. The Kier molecular flexibility index (Phi) is 6.93. The number of alkyl halides is 1. The summed E-state index contributed by atoms with van der Waals surface area (Å²) in [6, 6.07) is 5.70. The number of rotatable bonds is 4. The van der Waals surface area contributed by atoms with Crippen LogP contribution in [0.3, 0.4) is 0 Å². The number of aromatic nitrogens is 3. The molecule has 0 aliphatic carbocycles. The van der Waals surface area contributed by atoms with Crippen LogP contribution < -0.4 is 5.73 Å². The first-order chi connectivity index (χ1) is 17.8. The number of nitrogens with zero attached hydrogens (tertiary/aromatic N) is 5. The summed E-state index contributed by atoms with van der Waals surface area (Å²) in [5.41, 5.74) is 10.7. The fraction of sp³-hybridized carbons (Fsp3) is 0.393. The van der Waals surface area contributed by atoms with E-state index in [0.717, 1.165) is 33.4 Å². The van der Waals surface area contributed by atoms with Crippen LogP contribution in [0.1, 0.15) is 24.6 Å². The fourth-order valence-corrected chi connectivity index (χ4v) is 5.51. The molecule has 2 atom stereocenters. The molecule has 0 bridgehead atoms. The van der Waals surface area contributed by atoms with Gasteiger partial charge in [-0.1, -0.05) is 30.2 Å². The number of carbonyl (C=O) groups excluding carboxylic acids is 1. The third-order valence-corrected chi connectivity index (χ3v) is 7.82. The largest absolute Gasteiger partial charge is 0.383 e. The predicted molar refractivity (Wildman–Crippen MR) is 145 cm³/mol. The highest BCUT2D eigenvalue weighted by Crippen LogP contribution is 2.38. The van der Waals surface area contributed by atoms with E-state index in [2.05, 4.69) is 44.8 Å². The monoisotopic (exact) mass is 520 g/mol. The van der Waals surface area contributed by atoms with Crippen molar-refractivity contribution in [3.05, 3.63) is 53.5 Å². The van der Waals surface area contributed by atoms with Gasteiger partial charge in [0.2, 0.25) is 5.91 Å². The Bertz CT molecular complexity index is 1430. The quantitative estimate of drug-likeness (QED) is 0.414. The van der Waals surface area contributed by atoms with Crippen LogP contribution >= 0.6 is 11.6 Å². The standard InChI is InChI=1S/C28H30ClFN6O/c1-4-24(37)34-11-10-22(21(30)15-34)35-13-18(14-35)6-9-23-25(19-7-8-20(29)17(3)12-19)26-27(31)32-16-33-28(26)36(23)5-2/h4,7-8,12,16,18,21-22H,1,5,10-11,13-15H2,2-3H3,(H2,31,32,33)/t21-,22+/m1/s1. The van der Waals surface area contributed by atoms with Gasteiger partial charge in [0, 0.05) is 48.7 Å². The SMILES string of the molecule is C=CC(=O)N1CC[C@H](N2CC(C#Cc3c(-c4ccc(Cl)c(C)c4)c4c(N)ncnc4n3CC)C2)[C@H](F)C1. The zero-order valence-electron chi connectivity index (χ0n) is 21.0. The van der Waals surface area contributed by atoms with Crippen LogP contribution in [0.4, 0.5) is 10.2 Å². The van der Waals surface area contributed by atoms with Gasteiger partial charge in [-0.05, 0) is 55.5 Å². The summed E-state index contributed by atoms with van der Waals surface area (Å²) in [7, 11) is 0. The molecular formula is C28H30ClFN6O. The van der Waals surface area contributed by atoms with Gasteiger partial charge in [-0.15, -0.1) is 0 Å². The smallest absolute Gasteiger partial charge is 0.246 e. The molecule has 2 N–H and O–H groups in total. The van der Waals surface area contributed by atoms with Crippen LogP contribution in [0, 0.1) is 24.7 Å². The zero-order valence-corrected chi connectivity index (χ0v) is 21.8. The van der Waals surface area contributed by atoms with Crippen molar-refractivity contribution < 1.29 is 9.18 Å². The van der Waals surface area contributed by atoms with E-state index in [9.17, 15) is 9.18 Å². The minimum absolute atomic E-state index is 0.116. The minimum atomic E-state index is -1.07. The van der Waals surface area contributed by atoms with Gasteiger partial charge < -0.3 is 15.2 Å². The van der Waals surface area contributed by atoms with Crippen molar-refractivity contribution in [3.8, 4) is 23.0 Å². The molecule has 0 spiro atoms. The van der Waals surface area contributed by atoms with E-state index < -0.39 is 6.17 Å². The lowest BCUT2D eigenvalue weighted by molar-refractivity contribution is -0.130. The molecule has 9 heteroatoms. The van der Waals surface area contributed by atoms with Gasteiger partial charge in [-0.3, -0.25) is 9.69 Å². The van der Waals surface area contributed by atoms with Crippen LogP contribution in [0.2, 0.25) is 5.02 Å². The number of fused-ring (bicyclic) bond motifs is 1. The van der Waals surface area contributed by atoms with E-state index in [-0.39, 0.29) is 24.4 Å². The number of carbonyl (C=O) groups is 1. The van der Waals surface area contributed by atoms with E-state index in [4.69, 9.17) is 17.3 Å². The maximum atomic E-state index is 14.9. The molecule has 0 radical (unpaired) electrons. The Labute approximate surface area is 221 Å². The van der Waals surface area contributed by atoms with Crippen LogP contribution in [0.5, 0.6) is 0 Å². The van der Waals surface area contributed by atoms with Gasteiger partial charge in [0.1, 0.15) is 29.7 Å². The van der Waals surface area contributed by atoms with Crippen molar-refractivity contribution in [2.24, 2.45) is 5.92 Å². The third kappa shape index (κ3) is 4.58. The topological polar surface area (TPSA) is 80.3 Å². The average molecular weight is 521 g/mol. The summed E-state index contributed by atoms with van der Waals surface area (Å²) in [4.78, 5) is 24.3. The van der Waals surface area contributed by atoms with Crippen LogP contribution in [0.25, 0.3) is 22.2 Å². The van der Waals surface area contributed by atoms with Crippen molar-refractivity contribution in [1.82, 2.24) is 24.3 Å². The molecule has 1 aromatic carbocycles. The number of nitrogens with two attached hydrogens (primary N) is 1. The summed E-state index contributed by atoms with van der Waals surface area (Å²) in [6.45, 7) is 10.3. The van der Waals surface area contributed by atoms with E-state index in [0.29, 0.717) is 43.4 Å². The Balaban J connectivity index is 1.42. The number of anilines is 1. The van der Waals surface area contributed by atoms with Crippen LogP contribution in [-0.4, -0.2) is 68.6 Å². The normalized spacial score (nSPS) is 20.4. The van der Waals surface area contributed by atoms with Crippen LogP contribution in [-0.2, 0) is 11.3 Å². The highest BCUT2D eigenvalue weighted by molar-refractivity contribution is 6.31. The number of halogens is 2. The molecular weight excluding hydrogens is 491 g/mol. The van der Waals surface area contributed by atoms with Gasteiger partial charge in [0.25, 0.3) is 0 Å². The molecule has 0 saturated carbocycles. The Morgan fingerprint density at radius 2 is 2.11 bits per heavy atom. The summed E-state index contributed by atoms with van der Waals surface area (Å²) in [6.07, 6.45) is 2.26. The van der Waals surface area contributed by atoms with E-state index in [1.165, 1.54) is 17.3 Å². The summed E-state index contributed by atoms with van der Waals surface area (Å²) in [5.74, 6) is 7.17. The summed E-state index contributed by atoms with van der Waals surface area (Å²) in [5, 5.41) is 1.48. The Morgan fingerprint density at radius 1 is 1.32 bits per heavy atom. The molecule has 2 fully saturated rings. The van der Waals surface area contributed by atoms with E-state index >= 15 is 0 Å². The van der Waals surface area contributed by atoms with Gasteiger partial charge in [0.15, 0.2) is 0 Å². The predicted octanol–water partition coefficient (Wildman–Crippen LogP) is 4.07. The lowest BCUT2D eigenvalue weighted by atomic mass is 9.92. The summed E-state index contributed by atoms with van der Waals surface area (Å²) >= 11 is 6.30. The van der Waals surface area contributed by atoms with Gasteiger partial charge in [0.05, 0.1) is 11.9 Å². The Hall–Kier alpha value is -3.41. The van der Waals surface area contributed by atoms with Crippen molar-refractivity contribution in [2.75, 3.05) is 31.9 Å². The number of benzene rings is 1. The molecule has 192 valence electrons. The van der Waals surface area contributed by atoms with E-state index in [1.54, 1.807) is 0 Å². The molecule has 2 saturated heterocycles. The Morgan fingerprint density at radius 3 is 2.78 bits per heavy atom. The minimum Gasteiger partial charge on any atom is -0.383 e. The number of amides is 1.